The number of aliphatic hydroxyl groups excluding tert-OH is 1. The lowest BCUT2D eigenvalue weighted by molar-refractivity contribution is 0.116. The van der Waals surface area contributed by atoms with Crippen LogP contribution in [0.25, 0.3) is 0 Å². The summed E-state index contributed by atoms with van der Waals surface area (Å²) in [6, 6.07) is 10.3. The molecule has 1 aromatic rings. The van der Waals surface area contributed by atoms with Gasteiger partial charge in [-0.1, -0.05) is 42.0 Å². The first-order chi connectivity index (χ1) is 9.32. The van der Waals surface area contributed by atoms with Crippen LogP contribution in [0.4, 0.5) is 0 Å². The van der Waals surface area contributed by atoms with Crippen LogP contribution in [0.1, 0.15) is 37.7 Å². The second-order valence-corrected chi connectivity index (χ2v) is 5.89. The van der Waals surface area contributed by atoms with Crippen LogP contribution >= 0.6 is 0 Å². The molecule has 0 amide bonds. The molecule has 2 atom stereocenters. The van der Waals surface area contributed by atoms with E-state index in [1.165, 1.54) is 31.2 Å². The molecule has 1 heterocycles. The average Bonchev–Trinajstić information content (AvgIpc) is 3.11. The highest BCUT2D eigenvalue weighted by Crippen LogP contribution is 2.37. The van der Waals surface area contributed by atoms with Gasteiger partial charge in [-0.3, -0.25) is 0 Å². The van der Waals surface area contributed by atoms with Crippen molar-refractivity contribution in [3.05, 3.63) is 47.5 Å². The molecule has 2 fully saturated rings. The van der Waals surface area contributed by atoms with Gasteiger partial charge < -0.3 is 9.84 Å². The topological polar surface area (TPSA) is 29.5 Å². The number of ether oxygens (including phenoxy) is 1. The summed E-state index contributed by atoms with van der Waals surface area (Å²) in [6.07, 6.45) is 8.50. The van der Waals surface area contributed by atoms with Gasteiger partial charge in [-0.2, -0.15) is 0 Å². The lowest BCUT2D eigenvalue weighted by atomic mass is 9.79. The van der Waals surface area contributed by atoms with E-state index in [1.807, 2.05) is 18.2 Å². The molecule has 2 aliphatic rings. The maximum atomic E-state index is 9.85. The Labute approximate surface area is 115 Å². The zero-order valence-electron chi connectivity index (χ0n) is 11.3. The van der Waals surface area contributed by atoms with Crippen molar-refractivity contribution >= 4 is 0 Å². The third kappa shape index (κ3) is 2.60. The van der Waals surface area contributed by atoms with Crippen molar-refractivity contribution in [3.63, 3.8) is 0 Å². The van der Waals surface area contributed by atoms with Crippen molar-refractivity contribution < 1.29 is 9.84 Å². The van der Waals surface area contributed by atoms with E-state index in [1.54, 1.807) is 5.57 Å². The van der Waals surface area contributed by atoms with Crippen molar-refractivity contribution in [2.24, 2.45) is 0 Å². The summed E-state index contributed by atoms with van der Waals surface area (Å²) >= 11 is 0. The van der Waals surface area contributed by atoms with E-state index < -0.39 is 0 Å². The highest BCUT2D eigenvalue weighted by atomic mass is 16.5. The van der Waals surface area contributed by atoms with E-state index in [4.69, 9.17) is 4.74 Å². The van der Waals surface area contributed by atoms with Crippen molar-refractivity contribution in [1.82, 2.24) is 0 Å². The van der Waals surface area contributed by atoms with Crippen LogP contribution in [0.2, 0.25) is 0 Å². The van der Waals surface area contributed by atoms with E-state index in [0.29, 0.717) is 6.61 Å². The quantitative estimate of drug-likeness (QED) is 0.844. The summed E-state index contributed by atoms with van der Waals surface area (Å²) in [7, 11) is 0. The first-order valence-corrected chi connectivity index (χ1v) is 7.30. The number of benzene rings is 1. The fourth-order valence-corrected chi connectivity index (χ4v) is 3.33. The zero-order chi connectivity index (χ0) is 13.1. The number of hydrogen-bond donors (Lipinski definition) is 1. The summed E-state index contributed by atoms with van der Waals surface area (Å²) in [4.78, 5) is 0. The van der Waals surface area contributed by atoms with Crippen molar-refractivity contribution in [1.29, 1.82) is 0 Å². The molecule has 19 heavy (non-hydrogen) atoms. The highest BCUT2D eigenvalue weighted by molar-refractivity contribution is 5.28. The van der Waals surface area contributed by atoms with E-state index >= 15 is 0 Å². The molecule has 1 N–H and O–H groups in total. The van der Waals surface area contributed by atoms with Crippen LogP contribution < -0.4 is 0 Å². The van der Waals surface area contributed by atoms with E-state index in [2.05, 4.69) is 18.2 Å². The summed E-state index contributed by atoms with van der Waals surface area (Å²) in [5.74, 6) is 0. The van der Waals surface area contributed by atoms with Crippen LogP contribution in [-0.4, -0.2) is 24.4 Å². The van der Waals surface area contributed by atoms with Gasteiger partial charge in [-0.25, -0.2) is 0 Å². The van der Waals surface area contributed by atoms with Gasteiger partial charge in [0.05, 0.1) is 19.3 Å². The number of allylic oxidation sites excluding steroid dienone is 1. The molecule has 1 aromatic carbocycles. The van der Waals surface area contributed by atoms with Crippen LogP contribution in [0, 0.1) is 0 Å². The summed E-state index contributed by atoms with van der Waals surface area (Å²) in [5, 5.41) is 9.85. The van der Waals surface area contributed by atoms with Crippen molar-refractivity contribution in [2.45, 2.75) is 43.6 Å². The Kier molecular flexibility index (Phi) is 3.72. The largest absolute Gasteiger partial charge is 0.395 e. The maximum Gasteiger partial charge on any atom is 0.0769 e. The molecule has 2 nitrogen and oxygen atoms in total. The SMILES string of the molecule is OC[C@@]1(c2ccccc2)CO[C@H](C=C2CCCC2)C1. The normalized spacial score (nSPS) is 30.8. The molecule has 0 spiro atoms. The molecule has 2 heteroatoms. The first kappa shape index (κ1) is 12.9. The first-order valence-electron chi connectivity index (χ1n) is 7.30. The molecule has 0 unspecified atom stereocenters. The number of rotatable bonds is 3. The van der Waals surface area contributed by atoms with Crippen LogP contribution in [0.3, 0.4) is 0 Å². The van der Waals surface area contributed by atoms with Crippen molar-refractivity contribution in [2.75, 3.05) is 13.2 Å². The van der Waals surface area contributed by atoms with Gasteiger partial charge in [0.15, 0.2) is 0 Å². The molecule has 0 radical (unpaired) electrons. The lowest BCUT2D eigenvalue weighted by Crippen LogP contribution is -2.31. The molecule has 3 rings (SSSR count). The van der Waals surface area contributed by atoms with Gasteiger partial charge in [0, 0.05) is 5.41 Å². The van der Waals surface area contributed by atoms with Crippen LogP contribution in [-0.2, 0) is 10.2 Å². The molecule has 0 bridgehead atoms. The minimum atomic E-state index is -0.207. The van der Waals surface area contributed by atoms with Crippen LogP contribution in [0.15, 0.2) is 42.0 Å². The highest BCUT2D eigenvalue weighted by Gasteiger charge is 2.40. The fraction of sp³-hybridized carbons (Fsp3) is 0.529. The second kappa shape index (κ2) is 5.48. The Hall–Kier alpha value is -1.12. The monoisotopic (exact) mass is 258 g/mol. The van der Waals surface area contributed by atoms with Gasteiger partial charge in [-0.05, 0) is 37.7 Å². The molecule has 1 aliphatic carbocycles. The summed E-state index contributed by atoms with van der Waals surface area (Å²) in [5.41, 5.74) is 2.54. The van der Waals surface area contributed by atoms with E-state index in [0.717, 1.165) is 6.42 Å². The predicted octanol–water partition coefficient (Wildman–Crippen LogP) is 3.21. The predicted molar refractivity (Wildman–Crippen MR) is 76.1 cm³/mol. The smallest absolute Gasteiger partial charge is 0.0769 e. The minimum absolute atomic E-state index is 0.163. The zero-order valence-corrected chi connectivity index (χ0v) is 11.3. The molecular weight excluding hydrogens is 236 g/mol. The molecular formula is C17H22O2. The van der Waals surface area contributed by atoms with E-state index in [9.17, 15) is 5.11 Å². The fourth-order valence-electron chi connectivity index (χ4n) is 3.33. The van der Waals surface area contributed by atoms with Gasteiger partial charge in [-0.15, -0.1) is 0 Å². The standard InChI is InChI=1S/C17H22O2/c18-12-17(15-8-2-1-3-9-15)11-16(19-13-17)10-14-6-4-5-7-14/h1-3,8-10,16,18H,4-7,11-13H2/t16-,17-/m1/s1. The van der Waals surface area contributed by atoms with Gasteiger partial charge in [0.1, 0.15) is 0 Å². The Morgan fingerprint density at radius 2 is 1.95 bits per heavy atom. The lowest BCUT2D eigenvalue weighted by Gasteiger charge is -2.25. The summed E-state index contributed by atoms with van der Waals surface area (Å²) < 4.78 is 5.94. The Morgan fingerprint density at radius 3 is 2.63 bits per heavy atom. The molecule has 102 valence electrons. The van der Waals surface area contributed by atoms with Gasteiger partial charge in [0.25, 0.3) is 0 Å². The summed E-state index contributed by atoms with van der Waals surface area (Å²) in [6.45, 7) is 0.790. The Bertz CT molecular complexity index is 444. The Morgan fingerprint density at radius 1 is 1.21 bits per heavy atom. The van der Waals surface area contributed by atoms with Crippen LogP contribution in [0.5, 0.6) is 0 Å². The van der Waals surface area contributed by atoms with Gasteiger partial charge in [0.2, 0.25) is 0 Å². The third-order valence-corrected chi connectivity index (χ3v) is 4.52. The minimum Gasteiger partial charge on any atom is -0.395 e. The Balaban J connectivity index is 1.77. The third-order valence-electron chi connectivity index (χ3n) is 4.52. The average molecular weight is 258 g/mol. The number of aliphatic hydroxyl groups is 1. The van der Waals surface area contributed by atoms with Crippen molar-refractivity contribution in [3.8, 4) is 0 Å². The van der Waals surface area contributed by atoms with E-state index in [-0.39, 0.29) is 18.1 Å². The molecule has 1 saturated heterocycles. The maximum absolute atomic E-state index is 9.85. The molecule has 0 aromatic heterocycles. The number of hydrogen-bond acceptors (Lipinski definition) is 2. The molecule has 1 saturated carbocycles. The van der Waals surface area contributed by atoms with Gasteiger partial charge >= 0.3 is 0 Å². The molecule has 1 aliphatic heterocycles. The second-order valence-electron chi connectivity index (χ2n) is 5.89.